The second-order valence-corrected chi connectivity index (χ2v) is 4.78. The summed E-state index contributed by atoms with van der Waals surface area (Å²) in [4.78, 5) is 3.91. The summed E-state index contributed by atoms with van der Waals surface area (Å²) in [5.41, 5.74) is 0.995. The zero-order valence-corrected chi connectivity index (χ0v) is 11.8. The molecule has 0 fully saturated rings. The molecule has 0 radical (unpaired) electrons. The standard InChI is InChI=1S/C15H14ClF2NO/c1-2-4-10-7-14(18)15(19-8-10)20-9-11-12(16)5-3-6-13(11)17/h3,5-8H,2,4,9H2,1H3. The van der Waals surface area contributed by atoms with Crippen LogP contribution in [0, 0.1) is 11.6 Å². The molecule has 0 atom stereocenters. The number of ether oxygens (including phenoxy) is 1. The summed E-state index contributed by atoms with van der Waals surface area (Å²) in [5.74, 6) is -1.19. The molecule has 1 aromatic carbocycles. The highest BCUT2D eigenvalue weighted by Gasteiger charge is 2.11. The zero-order valence-electron chi connectivity index (χ0n) is 11.0. The van der Waals surface area contributed by atoms with Crippen LogP contribution in [0.4, 0.5) is 8.78 Å². The van der Waals surface area contributed by atoms with Gasteiger partial charge in [0, 0.05) is 11.8 Å². The van der Waals surface area contributed by atoms with Crippen LogP contribution in [0.25, 0.3) is 0 Å². The van der Waals surface area contributed by atoms with E-state index >= 15 is 0 Å². The fourth-order valence-corrected chi connectivity index (χ4v) is 2.02. The topological polar surface area (TPSA) is 22.1 Å². The van der Waals surface area contributed by atoms with Crippen molar-refractivity contribution in [2.45, 2.75) is 26.4 Å². The quantitative estimate of drug-likeness (QED) is 0.808. The second kappa shape index (κ2) is 6.66. The van der Waals surface area contributed by atoms with Gasteiger partial charge >= 0.3 is 0 Å². The number of rotatable bonds is 5. The van der Waals surface area contributed by atoms with Crippen molar-refractivity contribution in [3.05, 3.63) is 58.2 Å². The van der Waals surface area contributed by atoms with E-state index in [1.807, 2.05) is 6.92 Å². The monoisotopic (exact) mass is 297 g/mol. The number of aryl methyl sites for hydroxylation is 1. The lowest BCUT2D eigenvalue weighted by atomic mass is 10.2. The summed E-state index contributed by atoms with van der Waals surface area (Å²) in [6.07, 6.45) is 3.22. The van der Waals surface area contributed by atoms with E-state index in [9.17, 15) is 8.78 Å². The Hall–Kier alpha value is -1.68. The fourth-order valence-electron chi connectivity index (χ4n) is 1.81. The third-order valence-corrected chi connectivity index (χ3v) is 3.17. The number of benzene rings is 1. The van der Waals surface area contributed by atoms with Crippen LogP contribution in [-0.2, 0) is 13.0 Å². The highest BCUT2D eigenvalue weighted by atomic mass is 35.5. The van der Waals surface area contributed by atoms with Crippen LogP contribution in [-0.4, -0.2) is 4.98 Å². The largest absolute Gasteiger partial charge is 0.471 e. The van der Waals surface area contributed by atoms with Crippen molar-refractivity contribution in [3.63, 3.8) is 0 Å². The van der Waals surface area contributed by atoms with Gasteiger partial charge in [0.25, 0.3) is 5.88 Å². The summed E-state index contributed by atoms with van der Waals surface area (Å²) in [6.45, 7) is 1.84. The SMILES string of the molecule is CCCc1cnc(OCc2c(F)cccc2Cl)c(F)c1. The molecule has 0 saturated carbocycles. The average Bonchev–Trinajstić information content (AvgIpc) is 2.40. The van der Waals surface area contributed by atoms with Crippen LogP contribution in [0.3, 0.4) is 0 Å². The van der Waals surface area contributed by atoms with Crippen LogP contribution in [0.15, 0.2) is 30.5 Å². The maximum absolute atomic E-state index is 13.8. The van der Waals surface area contributed by atoms with Crippen molar-refractivity contribution in [1.29, 1.82) is 0 Å². The number of halogens is 3. The minimum atomic E-state index is -0.552. The lowest BCUT2D eigenvalue weighted by Crippen LogP contribution is -2.03. The third kappa shape index (κ3) is 3.45. The van der Waals surface area contributed by atoms with Gasteiger partial charge in [0.15, 0.2) is 5.82 Å². The molecular formula is C15H14ClF2NO. The van der Waals surface area contributed by atoms with E-state index in [1.54, 1.807) is 12.3 Å². The van der Waals surface area contributed by atoms with Gasteiger partial charge in [-0.25, -0.2) is 13.8 Å². The van der Waals surface area contributed by atoms with Crippen LogP contribution in [0.5, 0.6) is 5.88 Å². The van der Waals surface area contributed by atoms with Gasteiger partial charge in [-0.3, -0.25) is 0 Å². The van der Waals surface area contributed by atoms with Crippen molar-refractivity contribution >= 4 is 11.6 Å². The van der Waals surface area contributed by atoms with E-state index in [-0.39, 0.29) is 23.1 Å². The maximum Gasteiger partial charge on any atom is 0.250 e. The number of aromatic nitrogens is 1. The minimum Gasteiger partial charge on any atom is -0.471 e. The molecule has 0 N–H and O–H groups in total. The molecule has 2 rings (SSSR count). The molecule has 106 valence electrons. The van der Waals surface area contributed by atoms with Gasteiger partial charge in [-0.1, -0.05) is 31.0 Å². The molecule has 2 aromatic rings. The van der Waals surface area contributed by atoms with Gasteiger partial charge in [0.1, 0.15) is 12.4 Å². The van der Waals surface area contributed by atoms with Crippen LogP contribution in [0.2, 0.25) is 5.02 Å². The first-order valence-electron chi connectivity index (χ1n) is 6.32. The molecule has 20 heavy (non-hydrogen) atoms. The lowest BCUT2D eigenvalue weighted by Gasteiger charge is -2.09. The number of pyridine rings is 1. The van der Waals surface area contributed by atoms with Gasteiger partial charge in [-0.2, -0.15) is 0 Å². The van der Waals surface area contributed by atoms with Crippen molar-refractivity contribution in [2.75, 3.05) is 0 Å². The molecule has 2 nitrogen and oxygen atoms in total. The Morgan fingerprint density at radius 2 is 2.05 bits per heavy atom. The molecule has 0 unspecified atom stereocenters. The molecule has 0 spiro atoms. The Kier molecular flexibility index (Phi) is 4.90. The number of hydrogen-bond acceptors (Lipinski definition) is 2. The van der Waals surface area contributed by atoms with Gasteiger partial charge in [0.2, 0.25) is 0 Å². The first-order valence-corrected chi connectivity index (χ1v) is 6.69. The molecule has 5 heteroatoms. The molecule has 0 aliphatic rings. The first kappa shape index (κ1) is 14.7. The van der Waals surface area contributed by atoms with E-state index in [4.69, 9.17) is 16.3 Å². The molecule has 0 bridgehead atoms. The maximum atomic E-state index is 13.8. The summed E-state index contributed by atoms with van der Waals surface area (Å²) in [6, 6.07) is 5.71. The van der Waals surface area contributed by atoms with Crippen molar-refractivity contribution in [1.82, 2.24) is 4.98 Å². The van der Waals surface area contributed by atoms with E-state index in [0.29, 0.717) is 0 Å². The van der Waals surface area contributed by atoms with Crippen molar-refractivity contribution < 1.29 is 13.5 Å². The Labute approximate surface area is 121 Å². The molecule has 0 saturated heterocycles. The Bertz CT molecular complexity index is 584. The van der Waals surface area contributed by atoms with Gasteiger partial charge in [-0.15, -0.1) is 0 Å². The Morgan fingerprint density at radius 1 is 1.25 bits per heavy atom. The molecule has 1 heterocycles. The van der Waals surface area contributed by atoms with E-state index in [2.05, 4.69) is 4.98 Å². The Balaban J connectivity index is 2.11. The normalized spacial score (nSPS) is 10.6. The predicted molar refractivity (Wildman–Crippen MR) is 73.9 cm³/mol. The van der Waals surface area contributed by atoms with E-state index in [0.717, 1.165) is 18.4 Å². The summed E-state index contributed by atoms with van der Waals surface area (Å²) < 4.78 is 32.5. The summed E-state index contributed by atoms with van der Waals surface area (Å²) in [7, 11) is 0. The average molecular weight is 298 g/mol. The van der Waals surface area contributed by atoms with E-state index < -0.39 is 11.6 Å². The van der Waals surface area contributed by atoms with Crippen LogP contribution in [0.1, 0.15) is 24.5 Å². The summed E-state index contributed by atoms with van der Waals surface area (Å²) in [5, 5.41) is 0.244. The molecule has 0 amide bonds. The van der Waals surface area contributed by atoms with Crippen molar-refractivity contribution in [2.24, 2.45) is 0 Å². The van der Waals surface area contributed by atoms with Crippen molar-refractivity contribution in [3.8, 4) is 5.88 Å². The second-order valence-electron chi connectivity index (χ2n) is 4.37. The van der Waals surface area contributed by atoms with Gasteiger partial charge < -0.3 is 4.74 Å². The fraction of sp³-hybridized carbons (Fsp3) is 0.267. The lowest BCUT2D eigenvalue weighted by molar-refractivity contribution is 0.272. The number of nitrogens with zero attached hydrogens (tertiary/aromatic N) is 1. The van der Waals surface area contributed by atoms with Gasteiger partial charge in [-0.05, 0) is 30.2 Å². The highest BCUT2D eigenvalue weighted by Crippen LogP contribution is 2.22. The molecular weight excluding hydrogens is 284 g/mol. The molecule has 0 aliphatic heterocycles. The molecule has 0 aliphatic carbocycles. The zero-order chi connectivity index (χ0) is 14.5. The predicted octanol–water partition coefficient (Wildman–Crippen LogP) is 4.54. The summed E-state index contributed by atoms with van der Waals surface area (Å²) >= 11 is 5.87. The first-order chi connectivity index (χ1) is 9.61. The van der Waals surface area contributed by atoms with E-state index in [1.165, 1.54) is 18.2 Å². The molecule has 1 aromatic heterocycles. The van der Waals surface area contributed by atoms with Crippen LogP contribution >= 0.6 is 11.6 Å². The Morgan fingerprint density at radius 3 is 2.70 bits per heavy atom. The smallest absolute Gasteiger partial charge is 0.250 e. The highest BCUT2D eigenvalue weighted by molar-refractivity contribution is 6.31. The van der Waals surface area contributed by atoms with Crippen LogP contribution < -0.4 is 4.74 Å². The minimum absolute atomic E-state index is 0.149. The van der Waals surface area contributed by atoms with Gasteiger partial charge in [0.05, 0.1) is 5.02 Å². The number of hydrogen-bond donors (Lipinski definition) is 0. The third-order valence-electron chi connectivity index (χ3n) is 2.82.